The average Bonchev–Trinajstić information content (AvgIpc) is 2.53. The maximum Gasteiger partial charge on any atom is 0.134 e. The zero-order valence-electron chi connectivity index (χ0n) is 7.32. The number of nitrogens with zero attached hydrogens (tertiary/aromatic N) is 1. The smallest absolute Gasteiger partial charge is 0.134 e. The lowest BCUT2D eigenvalue weighted by Gasteiger charge is -1.95. The summed E-state index contributed by atoms with van der Waals surface area (Å²) in [5.74, 6) is 0.812. The molecular weight excluding hydrogens is 164 g/mol. The average molecular weight is 174 g/mol. The SMILES string of the molecule is Cc1cc(-c2ccc(N)cc2)no1. The van der Waals surface area contributed by atoms with Gasteiger partial charge in [0.1, 0.15) is 11.5 Å². The van der Waals surface area contributed by atoms with E-state index in [4.69, 9.17) is 10.3 Å². The highest BCUT2D eigenvalue weighted by Gasteiger charge is 2.02. The molecule has 0 fully saturated rings. The Hall–Kier alpha value is -1.77. The van der Waals surface area contributed by atoms with Gasteiger partial charge in [0, 0.05) is 17.3 Å². The highest BCUT2D eigenvalue weighted by atomic mass is 16.5. The molecule has 13 heavy (non-hydrogen) atoms. The molecule has 0 atom stereocenters. The van der Waals surface area contributed by atoms with Crippen LogP contribution in [0.25, 0.3) is 11.3 Å². The Balaban J connectivity index is 2.41. The van der Waals surface area contributed by atoms with Crippen LogP contribution in [0, 0.1) is 6.92 Å². The Kier molecular flexibility index (Phi) is 1.77. The van der Waals surface area contributed by atoms with Crippen LogP contribution in [-0.2, 0) is 0 Å². The lowest BCUT2D eigenvalue weighted by atomic mass is 10.1. The second-order valence-corrected chi connectivity index (χ2v) is 2.94. The Labute approximate surface area is 76.2 Å². The van der Waals surface area contributed by atoms with Crippen LogP contribution in [0.15, 0.2) is 34.9 Å². The third kappa shape index (κ3) is 1.54. The standard InChI is InChI=1S/C10H10N2O/c1-7-6-10(12-13-7)8-2-4-9(11)5-3-8/h2-6H,11H2,1H3. The predicted molar refractivity (Wildman–Crippen MR) is 51.1 cm³/mol. The van der Waals surface area contributed by atoms with Crippen molar-refractivity contribution < 1.29 is 4.52 Å². The molecule has 2 rings (SSSR count). The van der Waals surface area contributed by atoms with Crippen LogP contribution < -0.4 is 5.73 Å². The number of nitrogen functional groups attached to an aromatic ring is 1. The first-order valence-electron chi connectivity index (χ1n) is 4.05. The number of benzene rings is 1. The minimum Gasteiger partial charge on any atom is -0.399 e. The number of nitrogens with two attached hydrogens (primary N) is 1. The third-order valence-electron chi connectivity index (χ3n) is 1.83. The van der Waals surface area contributed by atoms with Gasteiger partial charge in [-0.2, -0.15) is 0 Å². The van der Waals surface area contributed by atoms with Crippen molar-refractivity contribution in [1.82, 2.24) is 5.16 Å². The molecule has 0 amide bonds. The van der Waals surface area contributed by atoms with Gasteiger partial charge in [0.15, 0.2) is 0 Å². The van der Waals surface area contributed by atoms with Gasteiger partial charge in [0.05, 0.1) is 0 Å². The molecule has 0 aliphatic carbocycles. The molecule has 1 aromatic carbocycles. The monoisotopic (exact) mass is 174 g/mol. The van der Waals surface area contributed by atoms with Crippen molar-refractivity contribution in [2.24, 2.45) is 0 Å². The zero-order chi connectivity index (χ0) is 9.26. The largest absolute Gasteiger partial charge is 0.399 e. The first-order valence-corrected chi connectivity index (χ1v) is 4.05. The predicted octanol–water partition coefficient (Wildman–Crippen LogP) is 2.23. The normalized spacial score (nSPS) is 10.2. The van der Waals surface area contributed by atoms with E-state index in [1.807, 2.05) is 37.3 Å². The Bertz CT molecular complexity index is 403. The van der Waals surface area contributed by atoms with E-state index in [0.717, 1.165) is 22.7 Å². The number of aromatic nitrogens is 1. The van der Waals surface area contributed by atoms with E-state index in [0.29, 0.717) is 0 Å². The quantitative estimate of drug-likeness (QED) is 0.674. The molecule has 0 unspecified atom stereocenters. The van der Waals surface area contributed by atoms with Gasteiger partial charge in [0.2, 0.25) is 0 Å². The second-order valence-electron chi connectivity index (χ2n) is 2.94. The van der Waals surface area contributed by atoms with Crippen molar-refractivity contribution in [2.45, 2.75) is 6.92 Å². The molecule has 0 saturated carbocycles. The summed E-state index contributed by atoms with van der Waals surface area (Å²) in [5.41, 5.74) is 8.18. The van der Waals surface area contributed by atoms with E-state index >= 15 is 0 Å². The maximum atomic E-state index is 5.57. The van der Waals surface area contributed by atoms with Gasteiger partial charge in [-0.1, -0.05) is 17.3 Å². The lowest BCUT2D eigenvalue weighted by molar-refractivity contribution is 0.399. The first kappa shape index (κ1) is 7.86. The fraction of sp³-hybridized carbons (Fsp3) is 0.100. The molecule has 1 aromatic heterocycles. The molecular formula is C10H10N2O. The number of anilines is 1. The molecule has 0 saturated heterocycles. The van der Waals surface area contributed by atoms with Gasteiger partial charge in [0.25, 0.3) is 0 Å². The molecule has 0 radical (unpaired) electrons. The maximum absolute atomic E-state index is 5.57. The van der Waals surface area contributed by atoms with Gasteiger partial charge in [-0.25, -0.2) is 0 Å². The molecule has 0 aliphatic heterocycles. The summed E-state index contributed by atoms with van der Waals surface area (Å²) < 4.78 is 4.97. The van der Waals surface area contributed by atoms with Crippen molar-refractivity contribution >= 4 is 5.69 Å². The van der Waals surface area contributed by atoms with Gasteiger partial charge in [-0.3, -0.25) is 0 Å². The molecule has 3 heteroatoms. The van der Waals surface area contributed by atoms with Crippen molar-refractivity contribution in [3.05, 3.63) is 36.1 Å². The van der Waals surface area contributed by atoms with Crippen molar-refractivity contribution in [3.63, 3.8) is 0 Å². The van der Waals surface area contributed by atoms with Crippen LogP contribution in [0.1, 0.15) is 5.76 Å². The fourth-order valence-corrected chi connectivity index (χ4v) is 1.16. The summed E-state index contributed by atoms with van der Waals surface area (Å²) in [7, 11) is 0. The second kappa shape index (κ2) is 2.94. The topological polar surface area (TPSA) is 52.0 Å². The van der Waals surface area contributed by atoms with E-state index in [-0.39, 0.29) is 0 Å². The molecule has 0 spiro atoms. The summed E-state index contributed by atoms with van der Waals surface area (Å²) in [6.07, 6.45) is 0. The molecule has 3 nitrogen and oxygen atoms in total. The van der Waals surface area contributed by atoms with Crippen LogP contribution in [0.5, 0.6) is 0 Å². The van der Waals surface area contributed by atoms with Gasteiger partial charge in [-0.15, -0.1) is 0 Å². The number of aryl methyl sites for hydroxylation is 1. The number of hydrogen-bond acceptors (Lipinski definition) is 3. The number of rotatable bonds is 1. The minimum absolute atomic E-state index is 0.754. The highest BCUT2D eigenvalue weighted by Crippen LogP contribution is 2.19. The van der Waals surface area contributed by atoms with Crippen LogP contribution in [0.3, 0.4) is 0 Å². The molecule has 0 bridgehead atoms. The minimum atomic E-state index is 0.754. The molecule has 0 aliphatic rings. The Morgan fingerprint density at radius 3 is 2.46 bits per heavy atom. The molecule has 1 heterocycles. The van der Waals surface area contributed by atoms with E-state index in [9.17, 15) is 0 Å². The Morgan fingerprint density at radius 2 is 1.92 bits per heavy atom. The molecule has 2 N–H and O–H groups in total. The van der Waals surface area contributed by atoms with Gasteiger partial charge in [-0.05, 0) is 19.1 Å². The van der Waals surface area contributed by atoms with E-state index in [2.05, 4.69) is 5.16 Å². The summed E-state index contributed by atoms with van der Waals surface area (Å²) in [5, 5.41) is 3.90. The number of hydrogen-bond donors (Lipinski definition) is 1. The van der Waals surface area contributed by atoms with Crippen molar-refractivity contribution in [1.29, 1.82) is 0 Å². The van der Waals surface area contributed by atoms with E-state index in [1.165, 1.54) is 0 Å². The molecule has 66 valence electrons. The third-order valence-corrected chi connectivity index (χ3v) is 1.83. The van der Waals surface area contributed by atoms with Crippen molar-refractivity contribution in [2.75, 3.05) is 5.73 Å². The van der Waals surface area contributed by atoms with Crippen LogP contribution in [0.2, 0.25) is 0 Å². The Morgan fingerprint density at radius 1 is 1.23 bits per heavy atom. The molecule has 2 aromatic rings. The highest BCUT2D eigenvalue weighted by molar-refractivity contribution is 5.61. The lowest BCUT2D eigenvalue weighted by Crippen LogP contribution is -1.83. The van der Waals surface area contributed by atoms with E-state index in [1.54, 1.807) is 0 Å². The van der Waals surface area contributed by atoms with Gasteiger partial charge < -0.3 is 10.3 Å². The summed E-state index contributed by atoms with van der Waals surface area (Å²) in [6.45, 7) is 1.87. The van der Waals surface area contributed by atoms with Crippen LogP contribution in [-0.4, -0.2) is 5.16 Å². The summed E-state index contributed by atoms with van der Waals surface area (Å²) in [4.78, 5) is 0. The van der Waals surface area contributed by atoms with Crippen LogP contribution in [0.4, 0.5) is 5.69 Å². The zero-order valence-corrected chi connectivity index (χ0v) is 7.32. The fourth-order valence-electron chi connectivity index (χ4n) is 1.16. The summed E-state index contributed by atoms with van der Waals surface area (Å²) in [6, 6.07) is 9.43. The van der Waals surface area contributed by atoms with Crippen molar-refractivity contribution in [3.8, 4) is 11.3 Å². The van der Waals surface area contributed by atoms with E-state index < -0.39 is 0 Å². The first-order chi connectivity index (χ1) is 6.25. The summed E-state index contributed by atoms with van der Waals surface area (Å²) >= 11 is 0. The van der Waals surface area contributed by atoms with Gasteiger partial charge >= 0.3 is 0 Å². The van der Waals surface area contributed by atoms with Crippen LogP contribution >= 0.6 is 0 Å².